The van der Waals surface area contributed by atoms with E-state index in [9.17, 15) is 4.79 Å². The molecule has 2 aliphatic rings. The summed E-state index contributed by atoms with van der Waals surface area (Å²) in [6.45, 7) is 5.45. The van der Waals surface area contributed by atoms with E-state index in [1.807, 2.05) is 0 Å². The van der Waals surface area contributed by atoms with Gasteiger partial charge in [0.15, 0.2) is 0 Å². The minimum Gasteiger partial charge on any atom is -0.302 e. The lowest BCUT2D eigenvalue weighted by atomic mass is 9.87. The first kappa shape index (κ1) is 12.1. The number of likely N-dealkylation sites (tertiary alicyclic amines) is 1. The molecule has 1 unspecified atom stereocenters. The molecule has 1 heterocycles. The molecule has 92 valence electrons. The first-order valence-corrected chi connectivity index (χ1v) is 7.04. The Bertz CT molecular complexity index is 233. The summed E-state index contributed by atoms with van der Waals surface area (Å²) in [6, 6.07) is 0. The van der Waals surface area contributed by atoms with Crippen molar-refractivity contribution in [3.05, 3.63) is 0 Å². The summed E-state index contributed by atoms with van der Waals surface area (Å²) >= 11 is 0. The van der Waals surface area contributed by atoms with Crippen LogP contribution in [0.4, 0.5) is 0 Å². The zero-order valence-electron chi connectivity index (χ0n) is 10.6. The third-order valence-corrected chi connectivity index (χ3v) is 4.34. The highest BCUT2D eigenvalue weighted by atomic mass is 16.1. The van der Waals surface area contributed by atoms with Gasteiger partial charge in [-0.15, -0.1) is 0 Å². The van der Waals surface area contributed by atoms with E-state index in [-0.39, 0.29) is 0 Å². The molecule has 1 saturated carbocycles. The topological polar surface area (TPSA) is 20.3 Å². The summed E-state index contributed by atoms with van der Waals surface area (Å²) < 4.78 is 0. The van der Waals surface area contributed by atoms with E-state index in [0.717, 1.165) is 31.8 Å². The van der Waals surface area contributed by atoms with Gasteiger partial charge >= 0.3 is 0 Å². The maximum atomic E-state index is 11.6. The molecular weight excluding hydrogens is 198 g/mol. The van der Waals surface area contributed by atoms with E-state index in [4.69, 9.17) is 0 Å². The van der Waals surface area contributed by atoms with Crippen LogP contribution in [0.3, 0.4) is 0 Å². The second-order valence-corrected chi connectivity index (χ2v) is 5.59. The summed E-state index contributed by atoms with van der Waals surface area (Å²) in [5.41, 5.74) is 0. The van der Waals surface area contributed by atoms with Gasteiger partial charge < -0.3 is 4.90 Å². The Kier molecular flexibility index (Phi) is 4.39. The second kappa shape index (κ2) is 5.81. The monoisotopic (exact) mass is 223 g/mol. The molecule has 2 fully saturated rings. The van der Waals surface area contributed by atoms with Crippen molar-refractivity contribution in [2.45, 2.75) is 51.9 Å². The first-order valence-electron chi connectivity index (χ1n) is 7.04. The van der Waals surface area contributed by atoms with Crippen LogP contribution in [0.25, 0.3) is 0 Å². The number of carbonyl (C=O) groups excluding carboxylic acids is 1. The lowest BCUT2D eigenvalue weighted by Gasteiger charge is -2.35. The molecule has 0 aromatic rings. The van der Waals surface area contributed by atoms with Gasteiger partial charge in [-0.3, -0.25) is 4.79 Å². The lowest BCUT2D eigenvalue weighted by molar-refractivity contribution is -0.126. The molecule has 0 radical (unpaired) electrons. The van der Waals surface area contributed by atoms with Crippen LogP contribution in [0.1, 0.15) is 51.9 Å². The van der Waals surface area contributed by atoms with Gasteiger partial charge in [0, 0.05) is 32.0 Å². The van der Waals surface area contributed by atoms with E-state index in [2.05, 4.69) is 11.8 Å². The van der Waals surface area contributed by atoms with Crippen molar-refractivity contribution in [2.75, 3.05) is 19.6 Å². The van der Waals surface area contributed by atoms with Crippen LogP contribution in [0.5, 0.6) is 0 Å². The molecule has 1 atom stereocenters. The smallest absolute Gasteiger partial charge is 0.138 e. The number of piperidine rings is 1. The van der Waals surface area contributed by atoms with Gasteiger partial charge in [0.2, 0.25) is 0 Å². The van der Waals surface area contributed by atoms with Crippen LogP contribution >= 0.6 is 0 Å². The van der Waals surface area contributed by atoms with E-state index in [0.29, 0.717) is 11.7 Å². The molecule has 0 amide bonds. The molecule has 2 nitrogen and oxygen atoms in total. The fourth-order valence-electron chi connectivity index (χ4n) is 3.23. The molecule has 1 saturated heterocycles. The average molecular weight is 223 g/mol. The number of nitrogens with zero attached hydrogens (tertiary/aromatic N) is 1. The Balaban J connectivity index is 1.79. The van der Waals surface area contributed by atoms with Crippen LogP contribution in [-0.4, -0.2) is 30.3 Å². The average Bonchev–Trinajstić information content (AvgIpc) is 2.33. The zero-order valence-corrected chi connectivity index (χ0v) is 10.6. The summed E-state index contributed by atoms with van der Waals surface area (Å²) in [6.07, 6.45) is 8.95. The van der Waals surface area contributed by atoms with Crippen molar-refractivity contribution in [2.24, 2.45) is 11.8 Å². The number of hydrogen-bond donors (Lipinski definition) is 0. The summed E-state index contributed by atoms with van der Waals surface area (Å²) in [5, 5.41) is 0. The van der Waals surface area contributed by atoms with Crippen LogP contribution in [0, 0.1) is 11.8 Å². The van der Waals surface area contributed by atoms with Crippen molar-refractivity contribution in [3.8, 4) is 0 Å². The Morgan fingerprint density at radius 3 is 2.69 bits per heavy atom. The van der Waals surface area contributed by atoms with E-state index in [1.165, 1.54) is 38.6 Å². The summed E-state index contributed by atoms with van der Waals surface area (Å²) in [4.78, 5) is 14.2. The normalized spacial score (nSPS) is 29.6. The minimum atomic E-state index is 0.331. The highest BCUT2D eigenvalue weighted by Crippen LogP contribution is 2.26. The van der Waals surface area contributed by atoms with Crippen molar-refractivity contribution in [1.82, 2.24) is 4.90 Å². The van der Waals surface area contributed by atoms with Crippen LogP contribution in [0.15, 0.2) is 0 Å². The van der Waals surface area contributed by atoms with Crippen LogP contribution in [0.2, 0.25) is 0 Å². The third-order valence-electron chi connectivity index (χ3n) is 4.34. The van der Waals surface area contributed by atoms with Crippen LogP contribution in [-0.2, 0) is 4.79 Å². The Morgan fingerprint density at radius 1 is 1.25 bits per heavy atom. The molecule has 0 aromatic heterocycles. The van der Waals surface area contributed by atoms with Crippen molar-refractivity contribution in [3.63, 3.8) is 0 Å². The molecule has 0 bridgehead atoms. The standard InChI is InChI=1S/C14H25NO/c1-2-13-11-15(9-8-14(13)16)10-12-6-4-3-5-7-12/h12-13H,2-11H2,1H3. The molecule has 0 aromatic carbocycles. The van der Waals surface area contributed by atoms with Gasteiger partial charge in [-0.2, -0.15) is 0 Å². The SMILES string of the molecule is CCC1CN(CC2CCCCC2)CCC1=O. The van der Waals surface area contributed by atoms with Crippen molar-refractivity contribution >= 4 is 5.78 Å². The number of Topliss-reactive ketones (excluding diaryl/α,β-unsaturated/α-hetero) is 1. The van der Waals surface area contributed by atoms with Gasteiger partial charge in [-0.05, 0) is 25.2 Å². The molecule has 1 aliphatic heterocycles. The maximum absolute atomic E-state index is 11.6. The summed E-state index contributed by atoms with van der Waals surface area (Å²) in [5.74, 6) is 1.75. The molecule has 1 aliphatic carbocycles. The van der Waals surface area contributed by atoms with E-state index >= 15 is 0 Å². The highest BCUT2D eigenvalue weighted by molar-refractivity contribution is 5.82. The van der Waals surface area contributed by atoms with Gasteiger partial charge in [-0.25, -0.2) is 0 Å². The van der Waals surface area contributed by atoms with Gasteiger partial charge in [0.05, 0.1) is 0 Å². The fourth-order valence-corrected chi connectivity index (χ4v) is 3.23. The lowest BCUT2D eigenvalue weighted by Crippen LogP contribution is -2.43. The molecule has 2 rings (SSSR count). The second-order valence-electron chi connectivity index (χ2n) is 5.59. The third kappa shape index (κ3) is 3.07. The van der Waals surface area contributed by atoms with E-state index < -0.39 is 0 Å². The number of rotatable bonds is 3. The quantitative estimate of drug-likeness (QED) is 0.733. The molecule has 0 spiro atoms. The van der Waals surface area contributed by atoms with Gasteiger partial charge in [0.25, 0.3) is 0 Å². The number of hydrogen-bond acceptors (Lipinski definition) is 2. The zero-order chi connectivity index (χ0) is 11.4. The highest BCUT2D eigenvalue weighted by Gasteiger charge is 2.27. The van der Waals surface area contributed by atoms with E-state index in [1.54, 1.807) is 0 Å². The number of carbonyl (C=O) groups is 1. The van der Waals surface area contributed by atoms with Crippen molar-refractivity contribution in [1.29, 1.82) is 0 Å². The Labute approximate surface area is 99.4 Å². The fraction of sp³-hybridized carbons (Fsp3) is 0.929. The largest absolute Gasteiger partial charge is 0.302 e. The number of ketones is 1. The van der Waals surface area contributed by atoms with Gasteiger partial charge in [0.1, 0.15) is 5.78 Å². The maximum Gasteiger partial charge on any atom is 0.138 e. The van der Waals surface area contributed by atoms with Crippen molar-refractivity contribution < 1.29 is 4.79 Å². The Hall–Kier alpha value is -0.370. The minimum absolute atomic E-state index is 0.331. The summed E-state index contributed by atoms with van der Waals surface area (Å²) in [7, 11) is 0. The van der Waals surface area contributed by atoms with Crippen LogP contribution < -0.4 is 0 Å². The first-order chi connectivity index (χ1) is 7.79. The predicted octanol–water partition coefficient (Wildman–Crippen LogP) is 2.87. The molecular formula is C14H25NO. The molecule has 16 heavy (non-hydrogen) atoms. The predicted molar refractivity (Wildman–Crippen MR) is 66.4 cm³/mol. The molecule has 0 N–H and O–H groups in total. The Morgan fingerprint density at radius 2 is 2.00 bits per heavy atom. The van der Waals surface area contributed by atoms with Gasteiger partial charge in [-0.1, -0.05) is 26.2 Å². The molecule has 2 heteroatoms.